The third kappa shape index (κ3) is 3.39. The van der Waals surface area contributed by atoms with Gasteiger partial charge in [0, 0.05) is 20.2 Å². The van der Waals surface area contributed by atoms with Crippen molar-refractivity contribution < 1.29 is 19.4 Å². The number of amides is 2. The smallest absolute Gasteiger partial charge is 0.323 e. The van der Waals surface area contributed by atoms with Gasteiger partial charge in [-0.25, -0.2) is 4.79 Å². The van der Waals surface area contributed by atoms with Gasteiger partial charge in [0.2, 0.25) is 0 Å². The molecular weight excluding hydrogens is 200 g/mol. The van der Waals surface area contributed by atoms with Crippen LogP contribution in [0.4, 0.5) is 4.79 Å². The highest BCUT2D eigenvalue weighted by Gasteiger charge is 2.30. The van der Waals surface area contributed by atoms with Crippen LogP contribution in [0.1, 0.15) is 12.8 Å². The summed E-state index contributed by atoms with van der Waals surface area (Å²) in [6, 6.07) is -0.240. The van der Waals surface area contributed by atoms with Crippen molar-refractivity contribution in [1.82, 2.24) is 10.2 Å². The molecule has 0 heterocycles. The van der Waals surface area contributed by atoms with E-state index >= 15 is 0 Å². The molecule has 2 amide bonds. The first-order chi connectivity index (χ1) is 7.02. The second-order valence-corrected chi connectivity index (χ2v) is 3.73. The van der Waals surface area contributed by atoms with Crippen molar-refractivity contribution in [2.45, 2.75) is 25.0 Å². The Bertz CT molecular complexity index is 250. The van der Waals surface area contributed by atoms with Crippen LogP contribution in [-0.4, -0.2) is 54.9 Å². The minimum absolute atomic E-state index is 0.110. The molecule has 1 saturated carbocycles. The van der Waals surface area contributed by atoms with E-state index in [0.29, 0.717) is 0 Å². The topological polar surface area (TPSA) is 78.9 Å². The third-order valence-corrected chi connectivity index (χ3v) is 2.47. The molecule has 1 aliphatic rings. The molecule has 15 heavy (non-hydrogen) atoms. The van der Waals surface area contributed by atoms with E-state index in [1.54, 1.807) is 7.11 Å². The maximum atomic E-state index is 11.4. The molecule has 2 N–H and O–H groups in total. The maximum absolute atomic E-state index is 11.4. The van der Waals surface area contributed by atoms with Gasteiger partial charge in [-0.2, -0.15) is 0 Å². The fraction of sp³-hybridized carbons (Fsp3) is 0.778. The summed E-state index contributed by atoms with van der Waals surface area (Å²) in [6.07, 6.45) is 1.81. The van der Waals surface area contributed by atoms with Gasteiger partial charge in [0.25, 0.3) is 0 Å². The minimum Gasteiger partial charge on any atom is -0.480 e. The fourth-order valence-corrected chi connectivity index (χ4v) is 1.44. The van der Waals surface area contributed by atoms with Crippen molar-refractivity contribution in [2.75, 3.05) is 20.7 Å². The van der Waals surface area contributed by atoms with Crippen LogP contribution in [0.15, 0.2) is 0 Å². The van der Waals surface area contributed by atoms with Gasteiger partial charge < -0.3 is 20.1 Å². The number of carboxylic acid groups (broad SMARTS) is 1. The SMILES string of the molecule is COC1CC(NC(=O)N(C)CC(=O)O)C1. The molecule has 6 heteroatoms. The predicted molar refractivity (Wildman–Crippen MR) is 52.6 cm³/mol. The summed E-state index contributed by atoms with van der Waals surface area (Å²) in [5, 5.41) is 11.2. The Labute approximate surface area is 88.2 Å². The van der Waals surface area contributed by atoms with Crippen LogP contribution in [0.5, 0.6) is 0 Å². The van der Waals surface area contributed by atoms with Crippen molar-refractivity contribution >= 4 is 12.0 Å². The predicted octanol–water partition coefficient (Wildman–Crippen LogP) is -0.110. The first kappa shape index (κ1) is 11.8. The first-order valence-electron chi connectivity index (χ1n) is 4.79. The molecule has 0 aromatic heterocycles. The molecule has 0 radical (unpaired) electrons. The Morgan fingerprint density at radius 1 is 1.53 bits per heavy atom. The van der Waals surface area contributed by atoms with E-state index in [0.717, 1.165) is 17.7 Å². The highest BCUT2D eigenvalue weighted by molar-refractivity contribution is 5.80. The zero-order chi connectivity index (χ0) is 11.4. The van der Waals surface area contributed by atoms with Crippen molar-refractivity contribution in [3.63, 3.8) is 0 Å². The van der Waals surface area contributed by atoms with E-state index in [2.05, 4.69) is 5.32 Å². The zero-order valence-electron chi connectivity index (χ0n) is 8.90. The van der Waals surface area contributed by atoms with Gasteiger partial charge in [-0.3, -0.25) is 4.79 Å². The lowest BCUT2D eigenvalue weighted by molar-refractivity contribution is -0.137. The summed E-state index contributed by atoms with van der Waals surface area (Å²) in [6.45, 7) is -0.285. The van der Waals surface area contributed by atoms with Crippen LogP contribution in [-0.2, 0) is 9.53 Å². The number of carbonyl (C=O) groups excluding carboxylic acids is 1. The summed E-state index contributed by atoms with van der Waals surface area (Å²) in [4.78, 5) is 22.9. The molecule has 6 nitrogen and oxygen atoms in total. The Kier molecular flexibility index (Phi) is 3.90. The van der Waals surface area contributed by atoms with Crippen molar-refractivity contribution in [2.24, 2.45) is 0 Å². The number of nitrogens with one attached hydrogen (secondary N) is 1. The number of urea groups is 1. The first-order valence-corrected chi connectivity index (χ1v) is 4.79. The highest BCUT2D eigenvalue weighted by Crippen LogP contribution is 2.22. The Balaban J connectivity index is 2.22. The van der Waals surface area contributed by atoms with Gasteiger partial charge in [0.05, 0.1) is 6.10 Å². The molecule has 0 aromatic carbocycles. The van der Waals surface area contributed by atoms with Gasteiger partial charge in [-0.05, 0) is 12.8 Å². The minimum atomic E-state index is -1.02. The van der Waals surface area contributed by atoms with Gasteiger partial charge in [-0.1, -0.05) is 0 Å². The number of hydrogen-bond acceptors (Lipinski definition) is 3. The quantitative estimate of drug-likeness (QED) is 0.687. The number of nitrogens with zero attached hydrogens (tertiary/aromatic N) is 1. The van der Waals surface area contributed by atoms with E-state index in [9.17, 15) is 9.59 Å². The zero-order valence-corrected chi connectivity index (χ0v) is 8.90. The summed E-state index contributed by atoms with van der Waals surface area (Å²) in [7, 11) is 3.09. The third-order valence-electron chi connectivity index (χ3n) is 2.47. The second-order valence-electron chi connectivity index (χ2n) is 3.73. The van der Waals surface area contributed by atoms with Gasteiger partial charge in [0.1, 0.15) is 6.54 Å². The number of likely N-dealkylation sites (N-methyl/N-ethyl adjacent to an activating group) is 1. The van der Waals surface area contributed by atoms with E-state index < -0.39 is 5.97 Å². The van der Waals surface area contributed by atoms with Crippen molar-refractivity contribution in [3.05, 3.63) is 0 Å². The molecule has 86 valence electrons. The van der Waals surface area contributed by atoms with Crippen LogP contribution in [0, 0.1) is 0 Å². The van der Waals surface area contributed by atoms with Crippen LogP contribution in [0.25, 0.3) is 0 Å². The lowest BCUT2D eigenvalue weighted by atomic mass is 9.89. The molecule has 1 aliphatic carbocycles. The van der Waals surface area contributed by atoms with Crippen LogP contribution < -0.4 is 5.32 Å². The molecule has 0 saturated heterocycles. The molecular formula is C9H16N2O4. The second kappa shape index (κ2) is 4.97. The summed E-state index contributed by atoms with van der Waals surface area (Å²) >= 11 is 0. The summed E-state index contributed by atoms with van der Waals surface area (Å²) < 4.78 is 5.06. The fourth-order valence-electron chi connectivity index (χ4n) is 1.44. The molecule has 1 fully saturated rings. The van der Waals surface area contributed by atoms with Crippen LogP contribution in [0.3, 0.4) is 0 Å². The average molecular weight is 216 g/mol. The number of ether oxygens (including phenoxy) is 1. The lowest BCUT2D eigenvalue weighted by Crippen LogP contribution is -2.51. The van der Waals surface area contributed by atoms with Gasteiger partial charge in [0.15, 0.2) is 0 Å². The molecule has 0 unspecified atom stereocenters. The number of methoxy groups -OCH3 is 1. The lowest BCUT2D eigenvalue weighted by Gasteiger charge is -2.35. The number of rotatable bonds is 4. The number of carbonyl (C=O) groups is 2. The summed E-state index contributed by atoms with van der Waals surface area (Å²) in [5.41, 5.74) is 0. The van der Waals surface area contributed by atoms with E-state index in [1.807, 2.05) is 0 Å². The molecule has 0 aromatic rings. The van der Waals surface area contributed by atoms with Gasteiger partial charge in [-0.15, -0.1) is 0 Å². The van der Waals surface area contributed by atoms with E-state index in [-0.39, 0.29) is 24.7 Å². The van der Waals surface area contributed by atoms with Crippen LogP contribution in [0.2, 0.25) is 0 Å². The van der Waals surface area contributed by atoms with Gasteiger partial charge >= 0.3 is 12.0 Å². The Morgan fingerprint density at radius 3 is 2.60 bits per heavy atom. The summed E-state index contributed by atoms with van der Waals surface area (Å²) in [5.74, 6) is -1.02. The van der Waals surface area contributed by atoms with Crippen molar-refractivity contribution in [3.8, 4) is 0 Å². The number of aliphatic carboxylic acids is 1. The van der Waals surface area contributed by atoms with Crippen molar-refractivity contribution in [1.29, 1.82) is 0 Å². The number of carboxylic acids is 1. The maximum Gasteiger partial charge on any atom is 0.323 e. The highest BCUT2D eigenvalue weighted by atomic mass is 16.5. The Hall–Kier alpha value is -1.30. The Morgan fingerprint density at radius 2 is 2.13 bits per heavy atom. The molecule has 0 atom stereocenters. The average Bonchev–Trinajstić information content (AvgIpc) is 2.08. The van der Waals surface area contributed by atoms with E-state index in [1.165, 1.54) is 7.05 Å². The van der Waals surface area contributed by atoms with E-state index in [4.69, 9.17) is 9.84 Å². The standard InChI is InChI=1S/C9H16N2O4/c1-11(5-8(12)13)9(14)10-6-3-7(4-6)15-2/h6-7H,3-5H2,1-2H3,(H,10,14)(H,12,13). The molecule has 0 aliphatic heterocycles. The molecule has 1 rings (SSSR count). The normalized spacial score (nSPS) is 24.1. The number of hydrogen-bond donors (Lipinski definition) is 2. The largest absolute Gasteiger partial charge is 0.480 e. The molecule has 0 bridgehead atoms. The monoisotopic (exact) mass is 216 g/mol. The molecule has 0 spiro atoms. The van der Waals surface area contributed by atoms with Crippen LogP contribution >= 0.6 is 0 Å².